The number of methoxy groups -OCH3 is 1. The summed E-state index contributed by atoms with van der Waals surface area (Å²) >= 11 is 0. The van der Waals surface area contributed by atoms with Gasteiger partial charge in [-0.15, -0.1) is 0 Å². The molecule has 2 atom stereocenters. The number of hydrogen-bond donors (Lipinski definition) is 1. The molecule has 82 valence electrons. The topological polar surface area (TPSA) is 59.4 Å². The Morgan fingerprint density at radius 3 is 2.80 bits per heavy atom. The van der Waals surface area contributed by atoms with Gasteiger partial charge in [0, 0.05) is 6.20 Å². The van der Waals surface area contributed by atoms with Crippen LogP contribution in [0.1, 0.15) is 24.3 Å². The third-order valence-corrected chi connectivity index (χ3v) is 2.38. The van der Waals surface area contributed by atoms with Crippen LogP contribution < -0.4 is 0 Å². The van der Waals surface area contributed by atoms with Crippen molar-refractivity contribution < 1.29 is 14.6 Å². The lowest BCUT2D eigenvalue weighted by molar-refractivity contribution is -0.148. The molecule has 0 bridgehead atoms. The lowest BCUT2D eigenvalue weighted by atomic mass is 9.99. The number of hydrogen-bond acceptors (Lipinski definition) is 4. The fourth-order valence-corrected chi connectivity index (χ4v) is 1.36. The molecule has 1 aromatic rings. The third kappa shape index (κ3) is 2.53. The summed E-state index contributed by atoms with van der Waals surface area (Å²) in [7, 11) is 1.30. The number of ether oxygens (including phenoxy) is 1. The van der Waals surface area contributed by atoms with Crippen molar-refractivity contribution in [3.8, 4) is 0 Å². The van der Waals surface area contributed by atoms with Gasteiger partial charge in [-0.1, -0.05) is 6.07 Å². The van der Waals surface area contributed by atoms with E-state index in [2.05, 4.69) is 9.72 Å². The van der Waals surface area contributed by atoms with E-state index < -0.39 is 18.0 Å². The monoisotopic (exact) mass is 209 g/mol. The van der Waals surface area contributed by atoms with Gasteiger partial charge in [0.05, 0.1) is 18.7 Å². The van der Waals surface area contributed by atoms with Crippen LogP contribution in [0.5, 0.6) is 0 Å². The summed E-state index contributed by atoms with van der Waals surface area (Å²) in [6, 6.07) is 3.63. The lowest BCUT2D eigenvalue weighted by Crippen LogP contribution is -2.21. The first-order valence-corrected chi connectivity index (χ1v) is 4.75. The zero-order chi connectivity index (χ0) is 11.4. The predicted octanol–water partition coefficient (Wildman–Crippen LogP) is 1.23. The zero-order valence-corrected chi connectivity index (χ0v) is 9.10. The van der Waals surface area contributed by atoms with E-state index in [0.717, 1.165) is 5.56 Å². The number of nitrogens with zero attached hydrogens (tertiary/aromatic N) is 1. The Morgan fingerprint density at radius 2 is 2.27 bits per heavy atom. The highest BCUT2D eigenvalue weighted by Crippen LogP contribution is 2.23. The molecule has 0 saturated heterocycles. The number of esters is 1. The minimum Gasteiger partial charge on any atom is -0.469 e. The van der Waals surface area contributed by atoms with Crippen LogP contribution in [-0.2, 0) is 9.53 Å². The fraction of sp³-hybridized carbons (Fsp3) is 0.455. The molecular formula is C11H15NO3. The summed E-state index contributed by atoms with van der Waals surface area (Å²) in [4.78, 5) is 15.3. The van der Waals surface area contributed by atoms with Gasteiger partial charge in [0.15, 0.2) is 0 Å². The van der Waals surface area contributed by atoms with Gasteiger partial charge >= 0.3 is 5.97 Å². The van der Waals surface area contributed by atoms with Crippen molar-refractivity contribution in [2.24, 2.45) is 5.92 Å². The van der Waals surface area contributed by atoms with Crippen molar-refractivity contribution in [2.45, 2.75) is 20.0 Å². The number of aryl methyl sites for hydroxylation is 1. The molecule has 4 heteroatoms. The van der Waals surface area contributed by atoms with E-state index >= 15 is 0 Å². The number of rotatable bonds is 3. The molecule has 0 aliphatic carbocycles. The highest BCUT2D eigenvalue weighted by molar-refractivity contribution is 5.72. The summed E-state index contributed by atoms with van der Waals surface area (Å²) in [6.07, 6.45) is 0.675. The van der Waals surface area contributed by atoms with Gasteiger partial charge in [-0.25, -0.2) is 0 Å². The van der Waals surface area contributed by atoms with Crippen LogP contribution in [0, 0.1) is 12.8 Å². The van der Waals surface area contributed by atoms with E-state index in [0.29, 0.717) is 5.69 Å². The largest absolute Gasteiger partial charge is 0.469 e. The molecule has 0 aliphatic rings. The van der Waals surface area contributed by atoms with Crippen molar-refractivity contribution >= 4 is 5.97 Å². The summed E-state index contributed by atoms with van der Waals surface area (Å²) < 4.78 is 4.57. The maximum atomic E-state index is 11.2. The van der Waals surface area contributed by atoms with E-state index in [9.17, 15) is 9.90 Å². The molecule has 1 aromatic heterocycles. The maximum Gasteiger partial charge on any atom is 0.311 e. The molecule has 0 aliphatic heterocycles. The fourth-order valence-electron chi connectivity index (χ4n) is 1.36. The molecule has 0 spiro atoms. The third-order valence-electron chi connectivity index (χ3n) is 2.38. The van der Waals surface area contributed by atoms with Crippen LogP contribution in [0.15, 0.2) is 18.3 Å². The Balaban J connectivity index is 2.89. The van der Waals surface area contributed by atoms with Gasteiger partial charge < -0.3 is 9.84 Å². The van der Waals surface area contributed by atoms with Gasteiger partial charge in [-0.3, -0.25) is 9.78 Å². The first kappa shape index (κ1) is 11.7. The highest BCUT2D eigenvalue weighted by Gasteiger charge is 2.26. The Labute approximate surface area is 88.9 Å². The van der Waals surface area contributed by atoms with Crippen LogP contribution in [0.2, 0.25) is 0 Å². The summed E-state index contributed by atoms with van der Waals surface area (Å²) in [5.74, 6) is -1.05. The predicted molar refractivity (Wildman–Crippen MR) is 55.1 cm³/mol. The van der Waals surface area contributed by atoms with Crippen molar-refractivity contribution in [3.63, 3.8) is 0 Å². The molecule has 0 radical (unpaired) electrons. The van der Waals surface area contributed by atoms with Crippen molar-refractivity contribution in [1.29, 1.82) is 0 Å². The molecule has 1 N–H and O–H groups in total. The van der Waals surface area contributed by atoms with Gasteiger partial charge in [-0.2, -0.15) is 0 Å². The molecule has 15 heavy (non-hydrogen) atoms. The Hall–Kier alpha value is -1.42. The minimum atomic E-state index is -0.918. The maximum absolute atomic E-state index is 11.2. The van der Waals surface area contributed by atoms with Crippen molar-refractivity contribution in [3.05, 3.63) is 29.6 Å². The first-order chi connectivity index (χ1) is 7.07. The van der Waals surface area contributed by atoms with E-state index in [4.69, 9.17) is 0 Å². The molecule has 0 aromatic carbocycles. The van der Waals surface area contributed by atoms with E-state index in [1.54, 1.807) is 19.2 Å². The summed E-state index contributed by atoms with van der Waals surface area (Å²) in [6.45, 7) is 3.46. The molecule has 1 rings (SSSR count). The smallest absolute Gasteiger partial charge is 0.311 e. The SMILES string of the molecule is COC(=O)[C@@H](C)[C@@H](O)c1ncccc1C. The van der Waals surface area contributed by atoms with Gasteiger partial charge in [0.1, 0.15) is 6.10 Å². The number of aliphatic hydroxyl groups excluding tert-OH is 1. The number of aromatic nitrogens is 1. The zero-order valence-electron chi connectivity index (χ0n) is 9.10. The number of aliphatic hydroxyl groups is 1. The second-order valence-electron chi connectivity index (χ2n) is 3.46. The van der Waals surface area contributed by atoms with E-state index in [1.165, 1.54) is 7.11 Å². The molecule has 0 fully saturated rings. The molecule has 1 heterocycles. The lowest BCUT2D eigenvalue weighted by Gasteiger charge is -2.17. The summed E-state index contributed by atoms with van der Waals surface area (Å²) in [5.41, 5.74) is 1.39. The van der Waals surface area contributed by atoms with Crippen molar-refractivity contribution in [1.82, 2.24) is 4.98 Å². The molecule has 4 nitrogen and oxygen atoms in total. The van der Waals surface area contributed by atoms with Crippen LogP contribution in [0.3, 0.4) is 0 Å². The Morgan fingerprint density at radius 1 is 1.60 bits per heavy atom. The standard InChI is InChI=1S/C11H15NO3/c1-7-5-4-6-12-9(7)10(13)8(2)11(14)15-3/h4-6,8,10,13H,1-3H3/t8-,10+/m0/s1. The highest BCUT2D eigenvalue weighted by atomic mass is 16.5. The summed E-state index contributed by atoms with van der Waals surface area (Å²) in [5, 5.41) is 9.91. The average Bonchev–Trinajstić information content (AvgIpc) is 2.26. The van der Waals surface area contributed by atoms with Crippen LogP contribution in [0.4, 0.5) is 0 Å². The van der Waals surface area contributed by atoms with Crippen LogP contribution in [0.25, 0.3) is 0 Å². The second kappa shape index (κ2) is 4.89. The number of pyridine rings is 1. The van der Waals surface area contributed by atoms with E-state index in [-0.39, 0.29) is 0 Å². The Bertz CT molecular complexity index is 351. The van der Waals surface area contributed by atoms with E-state index in [1.807, 2.05) is 13.0 Å². The molecule has 0 amide bonds. The number of carbonyl (C=O) groups excluding carboxylic acids is 1. The minimum absolute atomic E-state index is 0.437. The Kier molecular flexibility index (Phi) is 3.80. The van der Waals surface area contributed by atoms with Crippen molar-refractivity contribution in [2.75, 3.05) is 7.11 Å². The van der Waals surface area contributed by atoms with Gasteiger partial charge in [0.25, 0.3) is 0 Å². The van der Waals surface area contributed by atoms with Gasteiger partial charge in [0.2, 0.25) is 0 Å². The second-order valence-corrected chi connectivity index (χ2v) is 3.46. The first-order valence-electron chi connectivity index (χ1n) is 4.75. The molecule has 0 unspecified atom stereocenters. The molecular weight excluding hydrogens is 194 g/mol. The van der Waals surface area contributed by atoms with Gasteiger partial charge in [-0.05, 0) is 25.5 Å². The molecule has 0 saturated carbocycles. The average molecular weight is 209 g/mol. The number of carbonyl (C=O) groups is 1. The quantitative estimate of drug-likeness (QED) is 0.761. The van der Waals surface area contributed by atoms with Crippen LogP contribution in [-0.4, -0.2) is 23.2 Å². The van der Waals surface area contributed by atoms with Crippen LogP contribution >= 0.6 is 0 Å². The normalized spacial score (nSPS) is 14.4.